The van der Waals surface area contributed by atoms with E-state index >= 15 is 0 Å². The first-order chi connectivity index (χ1) is 10.4. The van der Waals surface area contributed by atoms with Crippen LogP contribution in [-0.2, 0) is 13.0 Å². The highest BCUT2D eigenvalue weighted by molar-refractivity contribution is 5.14. The van der Waals surface area contributed by atoms with E-state index in [1.165, 1.54) is 18.5 Å². The molecule has 21 heavy (non-hydrogen) atoms. The van der Waals surface area contributed by atoms with E-state index in [9.17, 15) is 0 Å². The highest BCUT2D eigenvalue weighted by atomic mass is 15.2. The molecule has 0 amide bonds. The molecule has 2 aromatic rings. The van der Waals surface area contributed by atoms with E-state index in [1.807, 2.05) is 0 Å². The Morgan fingerprint density at radius 1 is 1.29 bits per heavy atom. The van der Waals surface area contributed by atoms with Crippen LogP contribution >= 0.6 is 0 Å². The predicted octanol–water partition coefficient (Wildman–Crippen LogP) is 1.60. The average Bonchev–Trinajstić information content (AvgIpc) is 3.17. The second kappa shape index (κ2) is 7.33. The van der Waals surface area contributed by atoms with Crippen molar-refractivity contribution in [2.45, 2.75) is 31.8 Å². The van der Waals surface area contributed by atoms with Gasteiger partial charge in [-0.3, -0.25) is 10.00 Å². The number of rotatable bonds is 7. The lowest BCUT2D eigenvalue weighted by atomic mass is 10.2. The molecule has 0 radical (unpaired) electrons. The van der Waals surface area contributed by atoms with Crippen LogP contribution in [-0.4, -0.2) is 45.8 Å². The van der Waals surface area contributed by atoms with Crippen LogP contribution in [0.4, 0.5) is 0 Å². The maximum absolute atomic E-state index is 4.14. The van der Waals surface area contributed by atoms with Crippen LogP contribution < -0.4 is 5.32 Å². The van der Waals surface area contributed by atoms with Gasteiger partial charge in [0.25, 0.3) is 0 Å². The summed E-state index contributed by atoms with van der Waals surface area (Å²) in [5.74, 6) is 0.980. The lowest BCUT2D eigenvalue weighted by molar-refractivity contribution is 0.320. The molecule has 112 valence electrons. The van der Waals surface area contributed by atoms with Crippen molar-refractivity contribution >= 4 is 0 Å². The summed E-state index contributed by atoms with van der Waals surface area (Å²) in [6, 6.07) is 11.3. The fraction of sp³-hybridized carbons (Fsp3) is 0.500. The molecule has 0 aliphatic carbocycles. The summed E-state index contributed by atoms with van der Waals surface area (Å²) < 4.78 is 0. The van der Waals surface area contributed by atoms with E-state index in [0.29, 0.717) is 6.04 Å². The third kappa shape index (κ3) is 4.37. The molecule has 1 saturated heterocycles. The molecule has 2 N–H and O–H groups in total. The van der Waals surface area contributed by atoms with E-state index in [1.54, 1.807) is 6.33 Å². The van der Waals surface area contributed by atoms with Gasteiger partial charge in [0.15, 0.2) is 0 Å². The molecule has 1 aliphatic heterocycles. The van der Waals surface area contributed by atoms with Crippen LogP contribution in [0.5, 0.6) is 0 Å². The van der Waals surface area contributed by atoms with Crippen molar-refractivity contribution in [1.82, 2.24) is 25.4 Å². The maximum Gasteiger partial charge on any atom is 0.137 e. The molecule has 0 spiro atoms. The van der Waals surface area contributed by atoms with E-state index in [4.69, 9.17) is 0 Å². The van der Waals surface area contributed by atoms with Crippen LogP contribution in [0.25, 0.3) is 0 Å². The van der Waals surface area contributed by atoms with Gasteiger partial charge in [0.2, 0.25) is 0 Å². The van der Waals surface area contributed by atoms with Crippen LogP contribution in [0.2, 0.25) is 0 Å². The second-order valence-corrected chi connectivity index (χ2v) is 5.70. The Bertz CT molecular complexity index is 511. The molecule has 0 saturated carbocycles. The van der Waals surface area contributed by atoms with Gasteiger partial charge in [-0.15, -0.1) is 0 Å². The summed E-state index contributed by atoms with van der Waals surface area (Å²) in [7, 11) is 0. The molecule has 2 heterocycles. The van der Waals surface area contributed by atoms with Crippen LogP contribution in [0, 0.1) is 0 Å². The van der Waals surface area contributed by atoms with Gasteiger partial charge in [0, 0.05) is 32.1 Å². The standard InChI is InChI=1S/C16H23N5/c1-2-5-14(6-3-1)11-21-10-8-15(12-21)17-9-4-7-16-18-13-19-20-16/h1-3,5-6,13,15,17H,4,7-12H2,(H,18,19,20). The maximum atomic E-state index is 4.14. The molecular formula is C16H23N5. The zero-order chi connectivity index (χ0) is 14.3. The number of H-pyrrole nitrogens is 1. The van der Waals surface area contributed by atoms with Crippen LogP contribution in [0.1, 0.15) is 24.2 Å². The summed E-state index contributed by atoms with van der Waals surface area (Å²) in [5.41, 5.74) is 1.41. The molecule has 1 aromatic heterocycles. The molecule has 5 heteroatoms. The second-order valence-electron chi connectivity index (χ2n) is 5.70. The summed E-state index contributed by atoms with van der Waals surface area (Å²) in [6.45, 7) is 4.45. The summed E-state index contributed by atoms with van der Waals surface area (Å²) in [4.78, 5) is 6.67. The number of hydrogen-bond donors (Lipinski definition) is 2. The first-order valence-electron chi connectivity index (χ1n) is 7.74. The topological polar surface area (TPSA) is 56.8 Å². The molecule has 1 fully saturated rings. The van der Waals surface area contributed by atoms with Crippen molar-refractivity contribution in [3.05, 3.63) is 48.0 Å². The molecule has 1 aromatic carbocycles. The Morgan fingerprint density at radius 3 is 3.00 bits per heavy atom. The van der Waals surface area contributed by atoms with E-state index in [2.05, 4.69) is 55.7 Å². The molecule has 5 nitrogen and oxygen atoms in total. The number of nitrogens with one attached hydrogen (secondary N) is 2. The molecule has 1 unspecified atom stereocenters. The Kier molecular flexibility index (Phi) is 4.97. The number of hydrogen-bond acceptors (Lipinski definition) is 4. The highest BCUT2D eigenvalue weighted by Crippen LogP contribution is 2.13. The minimum atomic E-state index is 0.628. The lowest BCUT2D eigenvalue weighted by Crippen LogP contribution is -2.33. The van der Waals surface area contributed by atoms with Crippen molar-refractivity contribution in [2.75, 3.05) is 19.6 Å². The molecule has 1 atom stereocenters. The van der Waals surface area contributed by atoms with E-state index in [0.717, 1.165) is 38.3 Å². The van der Waals surface area contributed by atoms with Crippen molar-refractivity contribution in [2.24, 2.45) is 0 Å². The quantitative estimate of drug-likeness (QED) is 0.759. The van der Waals surface area contributed by atoms with Crippen molar-refractivity contribution in [3.8, 4) is 0 Å². The van der Waals surface area contributed by atoms with Crippen molar-refractivity contribution in [1.29, 1.82) is 0 Å². The monoisotopic (exact) mass is 285 g/mol. The number of aryl methyl sites for hydroxylation is 1. The summed E-state index contributed by atoms with van der Waals surface area (Å²) >= 11 is 0. The normalized spacial score (nSPS) is 19.1. The van der Waals surface area contributed by atoms with Gasteiger partial charge >= 0.3 is 0 Å². The first-order valence-corrected chi connectivity index (χ1v) is 7.74. The van der Waals surface area contributed by atoms with Gasteiger partial charge in [-0.1, -0.05) is 30.3 Å². The van der Waals surface area contributed by atoms with E-state index < -0.39 is 0 Å². The lowest BCUT2D eigenvalue weighted by Gasteiger charge is -2.16. The Hall–Kier alpha value is -1.72. The number of aromatic nitrogens is 3. The molecular weight excluding hydrogens is 262 g/mol. The summed E-state index contributed by atoms with van der Waals surface area (Å²) in [6.07, 6.45) is 4.88. The fourth-order valence-corrected chi connectivity index (χ4v) is 2.90. The minimum Gasteiger partial charge on any atom is -0.313 e. The predicted molar refractivity (Wildman–Crippen MR) is 82.8 cm³/mol. The van der Waals surface area contributed by atoms with Crippen LogP contribution in [0.15, 0.2) is 36.7 Å². The number of benzene rings is 1. The largest absolute Gasteiger partial charge is 0.313 e. The molecule has 3 rings (SSSR count). The zero-order valence-electron chi connectivity index (χ0n) is 12.3. The zero-order valence-corrected chi connectivity index (χ0v) is 12.3. The van der Waals surface area contributed by atoms with Gasteiger partial charge in [0.05, 0.1) is 0 Å². The molecule has 1 aliphatic rings. The first kappa shape index (κ1) is 14.2. The third-order valence-electron chi connectivity index (χ3n) is 4.01. The van der Waals surface area contributed by atoms with Gasteiger partial charge in [-0.05, 0) is 24.9 Å². The van der Waals surface area contributed by atoms with Gasteiger partial charge < -0.3 is 5.32 Å². The Morgan fingerprint density at radius 2 is 2.19 bits per heavy atom. The van der Waals surface area contributed by atoms with Gasteiger partial charge in [0.1, 0.15) is 12.2 Å². The number of likely N-dealkylation sites (tertiary alicyclic amines) is 1. The van der Waals surface area contributed by atoms with E-state index in [-0.39, 0.29) is 0 Å². The Balaban J connectivity index is 1.33. The number of aromatic amines is 1. The average molecular weight is 285 g/mol. The van der Waals surface area contributed by atoms with Gasteiger partial charge in [-0.25, -0.2) is 4.98 Å². The SMILES string of the molecule is c1ccc(CN2CCC(NCCCc3ncn[nH]3)C2)cc1. The molecule has 0 bridgehead atoms. The smallest absolute Gasteiger partial charge is 0.137 e. The van der Waals surface area contributed by atoms with Gasteiger partial charge in [-0.2, -0.15) is 5.10 Å². The van der Waals surface area contributed by atoms with Crippen LogP contribution in [0.3, 0.4) is 0 Å². The minimum absolute atomic E-state index is 0.628. The highest BCUT2D eigenvalue weighted by Gasteiger charge is 2.21. The fourth-order valence-electron chi connectivity index (χ4n) is 2.90. The summed E-state index contributed by atoms with van der Waals surface area (Å²) in [5, 5.41) is 10.4. The van der Waals surface area contributed by atoms with Crippen molar-refractivity contribution < 1.29 is 0 Å². The van der Waals surface area contributed by atoms with Crippen molar-refractivity contribution in [3.63, 3.8) is 0 Å². The Labute approximate surface area is 125 Å². The number of nitrogens with zero attached hydrogens (tertiary/aromatic N) is 3. The third-order valence-corrected chi connectivity index (χ3v) is 4.01.